The Hall–Kier alpha value is -1.07. The number of sulfonamides is 1. The van der Waals surface area contributed by atoms with E-state index in [4.69, 9.17) is 23.2 Å². The second kappa shape index (κ2) is 6.81. The van der Waals surface area contributed by atoms with Crippen molar-refractivity contribution < 1.29 is 8.42 Å². The summed E-state index contributed by atoms with van der Waals surface area (Å²) in [4.78, 5) is 0. The largest absolute Gasteiger partial charge is 0.216 e. The van der Waals surface area contributed by atoms with E-state index in [0.717, 1.165) is 24.8 Å². The van der Waals surface area contributed by atoms with Crippen LogP contribution in [0.5, 0.6) is 0 Å². The molecule has 6 heteroatoms. The van der Waals surface area contributed by atoms with Crippen molar-refractivity contribution in [2.75, 3.05) is 0 Å². The van der Waals surface area contributed by atoms with Crippen LogP contribution >= 0.6 is 23.2 Å². The van der Waals surface area contributed by atoms with Gasteiger partial charge in [0.15, 0.2) is 0 Å². The SMILES string of the molecule is O=S(=O)(Cc1ccc(Cl)cc1Cl)N[C@@H]1CCCc2ccccc21. The molecule has 1 atom stereocenters. The van der Waals surface area contributed by atoms with E-state index in [1.807, 2.05) is 18.2 Å². The molecule has 2 aromatic carbocycles. The molecular weight excluding hydrogens is 353 g/mol. The highest BCUT2D eigenvalue weighted by molar-refractivity contribution is 7.88. The maximum absolute atomic E-state index is 12.5. The van der Waals surface area contributed by atoms with E-state index in [2.05, 4.69) is 10.8 Å². The minimum absolute atomic E-state index is 0.151. The monoisotopic (exact) mass is 369 g/mol. The molecule has 0 unspecified atom stereocenters. The van der Waals surface area contributed by atoms with Crippen LogP contribution in [0.4, 0.5) is 0 Å². The molecule has 0 radical (unpaired) electrons. The number of benzene rings is 2. The summed E-state index contributed by atoms with van der Waals surface area (Å²) >= 11 is 11.9. The normalized spacial score (nSPS) is 17.7. The Bertz CT molecular complexity index is 821. The first-order valence-corrected chi connectivity index (χ1v) is 9.87. The molecule has 1 aliphatic rings. The second-order valence-electron chi connectivity index (χ2n) is 5.76. The lowest BCUT2D eigenvalue weighted by Gasteiger charge is -2.26. The third-order valence-electron chi connectivity index (χ3n) is 4.05. The van der Waals surface area contributed by atoms with Gasteiger partial charge in [0.05, 0.1) is 5.75 Å². The first kappa shape index (κ1) is 16.8. The molecule has 1 N–H and O–H groups in total. The minimum Gasteiger partial charge on any atom is -0.212 e. The summed E-state index contributed by atoms with van der Waals surface area (Å²) in [6, 6.07) is 12.7. The van der Waals surface area contributed by atoms with Crippen molar-refractivity contribution in [3.8, 4) is 0 Å². The van der Waals surface area contributed by atoms with Crippen LogP contribution in [0.2, 0.25) is 10.0 Å². The molecule has 0 aliphatic heterocycles. The van der Waals surface area contributed by atoms with Gasteiger partial charge in [-0.05, 0) is 48.1 Å². The fourth-order valence-electron chi connectivity index (χ4n) is 2.98. The standard InChI is InChI=1S/C17H17Cl2NO2S/c18-14-9-8-13(16(19)10-14)11-23(21,22)20-17-7-3-5-12-4-1-2-6-15(12)17/h1-2,4,6,8-10,17,20H,3,5,7,11H2/t17-/m1/s1. The fraction of sp³-hybridized carbons (Fsp3) is 0.294. The summed E-state index contributed by atoms with van der Waals surface area (Å²) in [5, 5.41) is 0.859. The lowest BCUT2D eigenvalue weighted by molar-refractivity contribution is 0.507. The Labute approximate surface area is 146 Å². The van der Waals surface area contributed by atoms with Crippen molar-refractivity contribution in [1.82, 2.24) is 4.72 Å². The van der Waals surface area contributed by atoms with E-state index >= 15 is 0 Å². The number of rotatable bonds is 4. The molecular formula is C17H17Cl2NO2S. The first-order chi connectivity index (χ1) is 10.9. The fourth-order valence-corrected chi connectivity index (χ4v) is 4.96. The van der Waals surface area contributed by atoms with Gasteiger partial charge in [0.2, 0.25) is 10.0 Å². The van der Waals surface area contributed by atoms with Gasteiger partial charge in [0.25, 0.3) is 0 Å². The first-order valence-electron chi connectivity index (χ1n) is 7.46. The molecule has 1 aliphatic carbocycles. The van der Waals surface area contributed by atoms with Crippen molar-refractivity contribution in [3.05, 3.63) is 69.2 Å². The number of hydrogen-bond acceptors (Lipinski definition) is 2. The van der Waals surface area contributed by atoms with Crippen molar-refractivity contribution >= 4 is 33.2 Å². The van der Waals surface area contributed by atoms with E-state index in [-0.39, 0.29) is 11.8 Å². The van der Waals surface area contributed by atoms with E-state index < -0.39 is 10.0 Å². The van der Waals surface area contributed by atoms with Gasteiger partial charge in [0.1, 0.15) is 0 Å². The van der Waals surface area contributed by atoms with Gasteiger partial charge in [-0.2, -0.15) is 0 Å². The average molecular weight is 370 g/mol. The molecule has 2 aromatic rings. The van der Waals surface area contributed by atoms with Crippen LogP contribution in [0.15, 0.2) is 42.5 Å². The van der Waals surface area contributed by atoms with Crippen molar-refractivity contribution in [2.45, 2.75) is 31.1 Å². The second-order valence-corrected chi connectivity index (χ2v) is 8.35. The van der Waals surface area contributed by atoms with Crippen LogP contribution in [0.1, 0.15) is 35.6 Å². The van der Waals surface area contributed by atoms with Crippen LogP contribution < -0.4 is 4.72 Å². The Kier molecular flexibility index (Phi) is 4.97. The number of nitrogens with one attached hydrogen (secondary N) is 1. The van der Waals surface area contributed by atoms with Crippen LogP contribution in [0, 0.1) is 0 Å². The smallest absolute Gasteiger partial charge is 0.212 e. The number of aryl methyl sites for hydroxylation is 1. The summed E-state index contributed by atoms with van der Waals surface area (Å²) in [5.74, 6) is -0.151. The van der Waals surface area contributed by atoms with Crippen molar-refractivity contribution in [2.24, 2.45) is 0 Å². The van der Waals surface area contributed by atoms with E-state index in [1.165, 1.54) is 5.56 Å². The predicted octanol–water partition coefficient (Wildman–Crippen LogP) is 4.49. The van der Waals surface area contributed by atoms with E-state index in [0.29, 0.717) is 15.6 Å². The highest BCUT2D eigenvalue weighted by Gasteiger charge is 2.25. The molecule has 0 heterocycles. The topological polar surface area (TPSA) is 46.2 Å². The molecule has 122 valence electrons. The molecule has 0 aromatic heterocycles. The van der Waals surface area contributed by atoms with Crippen molar-refractivity contribution in [3.63, 3.8) is 0 Å². The van der Waals surface area contributed by atoms with Crippen LogP contribution in [0.25, 0.3) is 0 Å². The van der Waals surface area contributed by atoms with Gasteiger partial charge in [-0.15, -0.1) is 0 Å². The number of hydrogen-bond donors (Lipinski definition) is 1. The number of halogens is 2. The van der Waals surface area contributed by atoms with Crippen LogP contribution in [-0.4, -0.2) is 8.42 Å². The minimum atomic E-state index is -3.49. The van der Waals surface area contributed by atoms with E-state index in [1.54, 1.807) is 18.2 Å². The highest BCUT2D eigenvalue weighted by Crippen LogP contribution is 2.30. The number of fused-ring (bicyclic) bond motifs is 1. The molecule has 3 nitrogen and oxygen atoms in total. The van der Waals surface area contributed by atoms with Gasteiger partial charge in [-0.25, -0.2) is 13.1 Å². The van der Waals surface area contributed by atoms with Gasteiger partial charge < -0.3 is 0 Å². The Morgan fingerprint density at radius 3 is 2.70 bits per heavy atom. The summed E-state index contributed by atoms with van der Waals surface area (Å²) < 4.78 is 27.8. The summed E-state index contributed by atoms with van der Waals surface area (Å²) in [7, 11) is -3.49. The van der Waals surface area contributed by atoms with Gasteiger partial charge in [0, 0.05) is 16.1 Å². The zero-order valence-corrected chi connectivity index (χ0v) is 14.8. The zero-order chi connectivity index (χ0) is 16.4. The molecule has 0 fully saturated rings. The molecule has 3 rings (SSSR count). The Balaban J connectivity index is 1.79. The lowest BCUT2D eigenvalue weighted by atomic mass is 9.88. The van der Waals surface area contributed by atoms with Gasteiger partial charge in [-0.3, -0.25) is 0 Å². The molecule has 0 saturated carbocycles. The van der Waals surface area contributed by atoms with Gasteiger partial charge in [-0.1, -0.05) is 53.5 Å². The maximum atomic E-state index is 12.5. The summed E-state index contributed by atoms with van der Waals surface area (Å²) in [5.41, 5.74) is 2.84. The summed E-state index contributed by atoms with van der Waals surface area (Å²) in [6.07, 6.45) is 2.79. The third kappa shape index (κ3) is 4.07. The summed E-state index contributed by atoms with van der Waals surface area (Å²) in [6.45, 7) is 0. The van der Waals surface area contributed by atoms with Crippen LogP contribution in [-0.2, 0) is 22.2 Å². The van der Waals surface area contributed by atoms with E-state index in [9.17, 15) is 8.42 Å². The Morgan fingerprint density at radius 1 is 1.13 bits per heavy atom. The molecule has 0 bridgehead atoms. The Morgan fingerprint density at radius 2 is 1.91 bits per heavy atom. The lowest BCUT2D eigenvalue weighted by Crippen LogP contribution is -2.32. The molecule has 0 spiro atoms. The molecule has 0 amide bonds. The highest BCUT2D eigenvalue weighted by atomic mass is 35.5. The molecule has 23 heavy (non-hydrogen) atoms. The predicted molar refractivity (Wildman–Crippen MR) is 94.3 cm³/mol. The maximum Gasteiger partial charge on any atom is 0.216 e. The third-order valence-corrected chi connectivity index (χ3v) is 5.97. The zero-order valence-electron chi connectivity index (χ0n) is 12.4. The molecule has 0 saturated heterocycles. The quantitative estimate of drug-likeness (QED) is 0.862. The van der Waals surface area contributed by atoms with Gasteiger partial charge >= 0.3 is 0 Å². The van der Waals surface area contributed by atoms with Crippen molar-refractivity contribution in [1.29, 1.82) is 0 Å². The van der Waals surface area contributed by atoms with Crippen LogP contribution in [0.3, 0.4) is 0 Å². The average Bonchev–Trinajstić information content (AvgIpc) is 2.50.